The molecule has 1 unspecified atom stereocenters. The molecule has 0 heterocycles. The SMILES string of the molecule is CC(N)C(=O)Nc1cc(Cl)ccc1Br. The number of carbonyl (C=O) groups is 1. The maximum absolute atomic E-state index is 11.3. The molecule has 1 aromatic carbocycles. The number of rotatable bonds is 2. The third-order valence-corrected chi connectivity index (χ3v) is 2.53. The molecule has 0 radical (unpaired) electrons. The Morgan fingerprint density at radius 2 is 2.29 bits per heavy atom. The van der Waals surface area contributed by atoms with Gasteiger partial charge in [-0.1, -0.05) is 11.6 Å². The highest BCUT2D eigenvalue weighted by atomic mass is 79.9. The number of benzene rings is 1. The zero-order valence-electron chi connectivity index (χ0n) is 7.55. The van der Waals surface area contributed by atoms with Crippen LogP contribution in [0.3, 0.4) is 0 Å². The van der Waals surface area contributed by atoms with Crippen molar-refractivity contribution in [1.82, 2.24) is 0 Å². The van der Waals surface area contributed by atoms with Crippen molar-refractivity contribution in [1.29, 1.82) is 0 Å². The van der Waals surface area contributed by atoms with Crippen molar-refractivity contribution in [3.8, 4) is 0 Å². The number of halogens is 2. The molecule has 5 heteroatoms. The summed E-state index contributed by atoms with van der Waals surface area (Å²) in [5, 5.41) is 3.22. The maximum atomic E-state index is 11.3. The molecule has 3 N–H and O–H groups in total. The molecular formula is C9H10BrClN2O. The van der Waals surface area contributed by atoms with Gasteiger partial charge in [-0.2, -0.15) is 0 Å². The van der Waals surface area contributed by atoms with Crippen LogP contribution in [0.4, 0.5) is 5.69 Å². The molecule has 1 amide bonds. The molecular weight excluding hydrogens is 267 g/mol. The average molecular weight is 278 g/mol. The summed E-state index contributed by atoms with van der Waals surface area (Å²) in [5.74, 6) is -0.243. The lowest BCUT2D eigenvalue weighted by molar-refractivity contribution is -0.117. The second kappa shape index (κ2) is 4.77. The highest BCUT2D eigenvalue weighted by Crippen LogP contribution is 2.25. The second-order valence-electron chi connectivity index (χ2n) is 2.90. The summed E-state index contributed by atoms with van der Waals surface area (Å²) >= 11 is 9.07. The highest BCUT2D eigenvalue weighted by Gasteiger charge is 2.09. The van der Waals surface area contributed by atoms with Gasteiger partial charge in [0.15, 0.2) is 0 Å². The second-order valence-corrected chi connectivity index (χ2v) is 4.19. The maximum Gasteiger partial charge on any atom is 0.241 e. The lowest BCUT2D eigenvalue weighted by Gasteiger charge is -2.09. The van der Waals surface area contributed by atoms with Crippen LogP contribution in [0.2, 0.25) is 5.02 Å². The minimum absolute atomic E-state index is 0.243. The van der Waals surface area contributed by atoms with Gasteiger partial charge in [0, 0.05) is 9.50 Å². The first-order valence-electron chi connectivity index (χ1n) is 4.02. The van der Waals surface area contributed by atoms with E-state index in [4.69, 9.17) is 17.3 Å². The molecule has 0 aliphatic rings. The molecule has 0 aliphatic carbocycles. The standard InChI is InChI=1S/C9H10BrClN2O/c1-5(12)9(14)13-8-4-6(11)2-3-7(8)10/h2-5H,12H2,1H3,(H,13,14). The fourth-order valence-corrected chi connectivity index (χ4v) is 1.36. The van der Waals surface area contributed by atoms with Gasteiger partial charge in [-0.3, -0.25) is 4.79 Å². The number of nitrogens with two attached hydrogens (primary N) is 1. The topological polar surface area (TPSA) is 55.1 Å². The zero-order valence-corrected chi connectivity index (χ0v) is 9.89. The zero-order chi connectivity index (χ0) is 10.7. The summed E-state index contributed by atoms with van der Waals surface area (Å²) in [7, 11) is 0. The number of carbonyl (C=O) groups excluding carboxylic acids is 1. The van der Waals surface area contributed by atoms with Gasteiger partial charge in [0.1, 0.15) is 0 Å². The van der Waals surface area contributed by atoms with Crippen LogP contribution in [0.1, 0.15) is 6.92 Å². The predicted molar refractivity (Wildman–Crippen MR) is 61.4 cm³/mol. The average Bonchev–Trinajstić information content (AvgIpc) is 2.11. The Labute approximate surface area is 95.7 Å². The van der Waals surface area contributed by atoms with E-state index >= 15 is 0 Å². The van der Waals surface area contributed by atoms with Gasteiger partial charge in [-0.15, -0.1) is 0 Å². The Morgan fingerprint density at radius 3 is 2.86 bits per heavy atom. The monoisotopic (exact) mass is 276 g/mol. The Morgan fingerprint density at radius 1 is 1.64 bits per heavy atom. The lowest BCUT2D eigenvalue weighted by Crippen LogP contribution is -2.32. The molecule has 1 atom stereocenters. The van der Waals surface area contributed by atoms with Crippen LogP contribution in [0.5, 0.6) is 0 Å². The van der Waals surface area contributed by atoms with Gasteiger partial charge in [-0.25, -0.2) is 0 Å². The predicted octanol–water partition coefficient (Wildman–Crippen LogP) is 2.39. The summed E-state index contributed by atoms with van der Waals surface area (Å²) < 4.78 is 0.774. The first-order valence-corrected chi connectivity index (χ1v) is 5.19. The van der Waals surface area contributed by atoms with E-state index in [0.717, 1.165) is 4.47 Å². The van der Waals surface area contributed by atoms with Crippen LogP contribution in [0.25, 0.3) is 0 Å². The lowest BCUT2D eigenvalue weighted by atomic mass is 10.3. The van der Waals surface area contributed by atoms with Crippen molar-refractivity contribution < 1.29 is 4.79 Å². The van der Waals surface area contributed by atoms with E-state index in [9.17, 15) is 4.79 Å². The summed E-state index contributed by atoms with van der Waals surface area (Å²) in [6, 6.07) is 4.61. The van der Waals surface area contributed by atoms with Crippen LogP contribution in [0, 0.1) is 0 Å². The Bertz CT molecular complexity index is 355. The van der Waals surface area contributed by atoms with E-state index < -0.39 is 6.04 Å². The van der Waals surface area contributed by atoms with E-state index in [1.54, 1.807) is 25.1 Å². The molecule has 0 aromatic heterocycles. The van der Waals surface area contributed by atoms with Crippen LogP contribution < -0.4 is 11.1 Å². The van der Waals surface area contributed by atoms with Crippen molar-refractivity contribution >= 4 is 39.1 Å². The molecule has 0 saturated carbocycles. The molecule has 0 spiro atoms. The summed E-state index contributed by atoms with van der Waals surface area (Å²) in [4.78, 5) is 11.3. The smallest absolute Gasteiger partial charge is 0.241 e. The van der Waals surface area contributed by atoms with Crippen molar-refractivity contribution in [2.45, 2.75) is 13.0 Å². The van der Waals surface area contributed by atoms with Gasteiger partial charge in [0.05, 0.1) is 11.7 Å². The Hall–Kier alpha value is -0.580. The van der Waals surface area contributed by atoms with Crippen molar-refractivity contribution in [3.05, 3.63) is 27.7 Å². The Balaban J connectivity index is 2.86. The molecule has 14 heavy (non-hydrogen) atoms. The molecule has 0 saturated heterocycles. The van der Waals surface area contributed by atoms with Gasteiger partial charge in [-0.05, 0) is 41.1 Å². The quantitative estimate of drug-likeness (QED) is 0.872. The third-order valence-electron chi connectivity index (χ3n) is 1.60. The first kappa shape index (κ1) is 11.5. The minimum atomic E-state index is -0.541. The van der Waals surface area contributed by atoms with E-state index in [1.165, 1.54) is 0 Å². The summed E-state index contributed by atoms with van der Waals surface area (Å²) in [5.41, 5.74) is 6.04. The normalized spacial score (nSPS) is 12.3. The minimum Gasteiger partial charge on any atom is -0.324 e. The van der Waals surface area contributed by atoms with Gasteiger partial charge >= 0.3 is 0 Å². The van der Waals surface area contributed by atoms with Crippen LogP contribution >= 0.6 is 27.5 Å². The fourth-order valence-electron chi connectivity index (χ4n) is 0.840. The van der Waals surface area contributed by atoms with Crippen LogP contribution in [-0.4, -0.2) is 11.9 Å². The van der Waals surface area contributed by atoms with Crippen molar-refractivity contribution in [3.63, 3.8) is 0 Å². The summed E-state index contributed by atoms with van der Waals surface area (Å²) in [6.07, 6.45) is 0. The Kier molecular flexibility index (Phi) is 3.92. The van der Waals surface area contributed by atoms with Crippen molar-refractivity contribution in [2.24, 2.45) is 5.73 Å². The largest absolute Gasteiger partial charge is 0.324 e. The van der Waals surface area contributed by atoms with Crippen LogP contribution in [-0.2, 0) is 4.79 Å². The number of hydrogen-bond acceptors (Lipinski definition) is 2. The molecule has 3 nitrogen and oxygen atoms in total. The number of hydrogen-bond donors (Lipinski definition) is 2. The molecule has 0 fully saturated rings. The molecule has 1 aromatic rings. The molecule has 0 bridgehead atoms. The van der Waals surface area contributed by atoms with Crippen molar-refractivity contribution in [2.75, 3.05) is 5.32 Å². The molecule has 0 aliphatic heterocycles. The number of anilines is 1. The fraction of sp³-hybridized carbons (Fsp3) is 0.222. The molecule has 1 rings (SSSR count). The number of nitrogens with one attached hydrogen (secondary N) is 1. The number of amides is 1. The first-order chi connectivity index (χ1) is 6.50. The van der Waals surface area contributed by atoms with E-state index in [2.05, 4.69) is 21.2 Å². The van der Waals surface area contributed by atoms with E-state index in [0.29, 0.717) is 10.7 Å². The van der Waals surface area contributed by atoms with Crippen LogP contribution in [0.15, 0.2) is 22.7 Å². The van der Waals surface area contributed by atoms with Gasteiger partial charge in [0.2, 0.25) is 5.91 Å². The van der Waals surface area contributed by atoms with Gasteiger partial charge in [0.25, 0.3) is 0 Å². The van der Waals surface area contributed by atoms with E-state index in [-0.39, 0.29) is 5.91 Å². The van der Waals surface area contributed by atoms with E-state index in [1.807, 2.05) is 0 Å². The summed E-state index contributed by atoms with van der Waals surface area (Å²) in [6.45, 7) is 1.62. The molecule has 76 valence electrons. The van der Waals surface area contributed by atoms with Gasteiger partial charge < -0.3 is 11.1 Å². The third kappa shape index (κ3) is 2.97. The highest BCUT2D eigenvalue weighted by molar-refractivity contribution is 9.10.